The van der Waals surface area contributed by atoms with Crippen LogP contribution in [-0.4, -0.2) is 35.9 Å². The van der Waals surface area contributed by atoms with E-state index in [0.717, 1.165) is 32.1 Å². The third kappa shape index (κ3) is 4.92. The zero-order valence-electron chi connectivity index (χ0n) is 23.3. The number of carbonyl (C=O) groups is 2. The number of carbonyl (C=O) groups excluding carboxylic acids is 2. The molecule has 0 spiro atoms. The van der Waals surface area contributed by atoms with Crippen LogP contribution in [0.3, 0.4) is 0 Å². The highest BCUT2D eigenvalue weighted by atomic mass is 16.6. The maximum absolute atomic E-state index is 12.3. The molecule has 4 aliphatic carbocycles. The zero-order valence-corrected chi connectivity index (χ0v) is 23.3. The van der Waals surface area contributed by atoms with Crippen LogP contribution in [0.25, 0.3) is 0 Å². The molecule has 5 heteroatoms. The highest BCUT2D eigenvalue weighted by Crippen LogP contribution is 2.68. The Kier molecular flexibility index (Phi) is 7.43. The van der Waals surface area contributed by atoms with E-state index in [1.54, 1.807) is 0 Å². The number of aliphatic hydroxyl groups is 1. The van der Waals surface area contributed by atoms with Crippen LogP contribution in [0, 0.1) is 52.3 Å². The van der Waals surface area contributed by atoms with Gasteiger partial charge in [-0.3, -0.25) is 9.59 Å². The third-order valence-corrected chi connectivity index (χ3v) is 11.2. The smallest absolute Gasteiger partial charge is 0.308 e. The highest BCUT2D eigenvalue weighted by molar-refractivity contribution is 5.72. The quantitative estimate of drug-likeness (QED) is 0.467. The number of hydrogen-bond acceptors (Lipinski definition) is 5. The van der Waals surface area contributed by atoms with Crippen molar-refractivity contribution >= 4 is 11.9 Å². The van der Waals surface area contributed by atoms with E-state index in [1.807, 2.05) is 20.8 Å². The van der Waals surface area contributed by atoms with E-state index in [9.17, 15) is 14.7 Å². The van der Waals surface area contributed by atoms with Gasteiger partial charge in [0.1, 0.15) is 5.60 Å². The maximum atomic E-state index is 12.3. The van der Waals surface area contributed by atoms with E-state index in [1.165, 1.54) is 32.8 Å². The fraction of sp³-hybridized carbons (Fsp3) is 0.933. The van der Waals surface area contributed by atoms with Crippen molar-refractivity contribution in [2.24, 2.45) is 52.3 Å². The lowest BCUT2D eigenvalue weighted by Gasteiger charge is -2.62. The van der Waals surface area contributed by atoms with Crippen molar-refractivity contribution in [2.75, 3.05) is 7.11 Å². The Morgan fingerprint density at radius 2 is 1.66 bits per heavy atom. The molecule has 0 radical (unpaired) electrons. The number of fused-ring (bicyclic) bond motifs is 5. The summed E-state index contributed by atoms with van der Waals surface area (Å²) in [7, 11) is 1.49. The predicted octanol–water partition coefficient (Wildman–Crippen LogP) is 6.16. The van der Waals surface area contributed by atoms with Crippen LogP contribution in [-0.2, 0) is 19.1 Å². The summed E-state index contributed by atoms with van der Waals surface area (Å²) in [5, 5.41) is 11.5. The molecule has 4 fully saturated rings. The SMILES string of the molecule is COC(=O)C1CC[C@@]2(C)C(C1)CC(O)C1C3CCC(C(C)CCC(=O)OC(C)(C)C)[C@@]3(C)CCC12. The molecule has 10 atom stereocenters. The summed E-state index contributed by atoms with van der Waals surface area (Å²) < 4.78 is 10.6. The summed E-state index contributed by atoms with van der Waals surface area (Å²) in [6, 6.07) is 0. The molecule has 4 aliphatic rings. The Morgan fingerprint density at radius 1 is 1.00 bits per heavy atom. The average molecular weight is 491 g/mol. The van der Waals surface area contributed by atoms with Crippen LogP contribution in [0.5, 0.6) is 0 Å². The second-order valence-electron chi connectivity index (χ2n) is 14.1. The fourth-order valence-corrected chi connectivity index (χ4v) is 9.52. The number of rotatable bonds is 5. The van der Waals surface area contributed by atoms with Crippen LogP contribution < -0.4 is 0 Å². The Morgan fingerprint density at radius 3 is 2.31 bits per heavy atom. The molecule has 1 N–H and O–H groups in total. The normalized spacial score (nSPS) is 43.9. The van der Waals surface area contributed by atoms with Crippen LogP contribution in [0.2, 0.25) is 0 Å². The van der Waals surface area contributed by atoms with E-state index in [2.05, 4.69) is 20.8 Å². The lowest BCUT2D eigenvalue weighted by Crippen LogP contribution is -2.58. The van der Waals surface area contributed by atoms with E-state index in [4.69, 9.17) is 9.47 Å². The van der Waals surface area contributed by atoms with Crippen molar-refractivity contribution in [3.05, 3.63) is 0 Å². The molecule has 0 aromatic heterocycles. The Balaban J connectivity index is 1.45. The molecule has 8 unspecified atom stereocenters. The molecular weight excluding hydrogens is 440 g/mol. The highest BCUT2D eigenvalue weighted by Gasteiger charge is 2.63. The average Bonchev–Trinajstić information content (AvgIpc) is 3.13. The van der Waals surface area contributed by atoms with E-state index < -0.39 is 5.60 Å². The van der Waals surface area contributed by atoms with Crippen molar-refractivity contribution in [1.82, 2.24) is 0 Å². The van der Waals surface area contributed by atoms with Gasteiger partial charge in [0.2, 0.25) is 0 Å². The molecule has 0 saturated heterocycles. The van der Waals surface area contributed by atoms with Gasteiger partial charge in [-0.05, 0) is 125 Å². The number of ether oxygens (including phenoxy) is 2. The maximum Gasteiger partial charge on any atom is 0.308 e. The van der Waals surface area contributed by atoms with Gasteiger partial charge in [0.05, 0.1) is 19.1 Å². The monoisotopic (exact) mass is 490 g/mol. The fourth-order valence-electron chi connectivity index (χ4n) is 9.52. The van der Waals surface area contributed by atoms with E-state index >= 15 is 0 Å². The first-order valence-corrected chi connectivity index (χ1v) is 14.3. The largest absolute Gasteiger partial charge is 0.469 e. The Labute approximate surface area is 213 Å². The topological polar surface area (TPSA) is 72.8 Å². The predicted molar refractivity (Wildman–Crippen MR) is 136 cm³/mol. The van der Waals surface area contributed by atoms with E-state index in [-0.39, 0.29) is 34.8 Å². The summed E-state index contributed by atoms with van der Waals surface area (Å²) in [6.45, 7) is 13.1. The first kappa shape index (κ1) is 26.9. The van der Waals surface area contributed by atoms with Gasteiger partial charge in [-0.15, -0.1) is 0 Å². The van der Waals surface area contributed by atoms with Gasteiger partial charge in [0.25, 0.3) is 0 Å². The molecule has 0 aromatic rings. The van der Waals surface area contributed by atoms with Gasteiger partial charge in [0.15, 0.2) is 0 Å². The molecule has 5 nitrogen and oxygen atoms in total. The molecule has 200 valence electrons. The van der Waals surface area contributed by atoms with E-state index in [0.29, 0.717) is 41.9 Å². The summed E-state index contributed by atoms with van der Waals surface area (Å²) in [4.78, 5) is 24.6. The van der Waals surface area contributed by atoms with Crippen molar-refractivity contribution in [2.45, 2.75) is 117 Å². The van der Waals surface area contributed by atoms with Crippen LogP contribution >= 0.6 is 0 Å². The van der Waals surface area contributed by atoms with Crippen LogP contribution in [0.15, 0.2) is 0 Å². The summed E-state index contributed by atoms with van der Waals surface area (Å²) in [6.07, 6.45) is 9.60. The van der Waals surface area contributed by atoms with Gasteiger partial charge < -0.3 is 14.6 Å². The summed E-state index contributed by atoms with van der Waals surface area (Å²) in [5.41, 5.74) is 0.0301. The minimum absolute atomic E-state index is 0.00244. The Hall–Kier alpha value is -1.10. The van der Waals surface area contributed by atoms with Gasteiger partial charge >= 0.3 is 11.9 Å². The first-order valence-electron chi connectivity index (χ1n) is 14.3. The van der Waals surface area contributed by atoms with Crippen molar-refractivity contribution in [3.63, 3.8) is 0 Å². The molecule has 35 heavy (non-hydrogen) atoms. The number of aliphatic hydroxyl groups excluding tert-OH is 1. The van der Waals surface area contributed by atoms with Crippen LogP contribution in [0.4, 0.5) is 0 Å². The van der Waals surface area contributed by atoms with Crippen molar-refractivity contribution in [1.29, 1.82) is 0 Å². The minimum Gasteiger partial charge on any atom is -0.469 e. The standard InChI is InChI=1S/C30H50O5/c1-18(8-11-25(32)35-28(2,3)4)21-9-10-22-26-23(13-15-30(21,22)6)29(5)14-12-19(27(33)34-7)16-20(29)17-24(26)31/h18-24,26,31H,8-17H2,1-7H3/t18?,19?,20?,21?,22?,23?,24?,26?,29-,30+/m0/s1. The number of methoxy groups -OCH3 is 1. The summed E-state index contributed by atoms with van der Waals surface area (Å²) >= 11 is 0. The lowest BCUT2D eigenvalue weighted by molar-refractivity contribution is -0.176. The zero-order chi connectivity index (χ0) is 25.8. The second kappa shape index (κ2) is 9.65. The second-order valence-corrected chi connectivity index (χ2v) is 14.1. The molecule has 4 saturated carbocycles. The molecular formula is C30H50O5. The molecule has 4 rings (SSSR count). The minimum atomic E-state index is -0.426. The summed E-state index contributed by atoms with van der Waals surface area (Å²) in [5.74, 6) is 2.80. The van der Waals surface area contributed by atoms with Crippen LogP contribution in [0.1, 0.15) is 106 Å². The molecule has 0 bridgehead atoms. The molecule has 0 aliphatic heterocycles. The Bertz CT molecular complexity index is 801. The number of esters is 2. The van der Waals surface area contributed by atoms with Crippen molar-refractivity contribution in [3.8, 4) is 0 Å². The van der Waals surface area contributed by atoms with Gasteiger partial charge in [0, 0.05) is 6.42 Å². The first-order chi connectivity index (χ1) is 16.3. The van der Waals surface area contributed by atoms with Gasteiger partial charge in [-0.1, -0.05) is 20.8 Å². The van der Waals surface area contributed by atoms with Gasteiger partial charge in [-0.25, -0.2) is 0 Å². The number of hydrogen-bond donors (Lipinski definition) is 1. The molecule has 0 aromatic carbocycles. The lowest BCUT2D eigenvalue weighted by atomic mass is 9.43. The third-order valence-electron chi connectivity index (χ3n) is 11.2. The van der Waals surface area contributed by atoms with Crippen molar-refractivity contribution < 1.29 is 24.2 Å². The molecule has 0 amide bonds. The van der Waals surface area contributed by atoms with Gasteiger partial charge in [-0.2, -0.15) is 0 Å². The molecule has 0 heterocycles.